The third kappa shape index (κ3) is 5.61. The van der Waals surface area contributed by atoms with E-state index in [1.807, 2.05) is 12.1 Å². The molecule has 0 spiro atoms. The molecule has 0 heterocycles. The fraction of sp³-hybridized carbons (Fsp3) is 0.500. The minimum atomic E-state index is -0.0981. The number of carbonyl (C=O) groups excluding carboxylic acids is 1. The van der Waals surface area contributed by atoms with Crippen LogP contribution < -0.4 is 15.4 Å². The number of benzene rings is 1. The van der Waals surface area contributed by atoms with E-state index in [1.165, 1.54) is 6.92 Å². The number of rotatable bonds is 8. The van der Waals surface area contributed by atoms with E-state index in [0.717, 1.165) is 42.9 Å². The molecule has 0 fully saturated rings. The maximum atomic E-state index is 11.0. The lowest BCUT2D eigenvalue weighted by molar-refractivity contribution is -0.114. The molecule has 1 aromatic carbocycles. The summed E-state index contributed by atoms with van der Waals surface area (Å²) in [7, 11) is 1.62. The van der Waals surface area contributed by atoms with E-state index in [0.29, 0.717) is 0 Å². The van der Waals surface area contributed by atoms with Crippen LogP contribution in [0.2, 0.25) is 0 Å². The molecule has 0 radical (unpaired) electrons. The molecule has 106 valence electrons. The molecule has 1 amide bonds. The Bertz CT molecular complexity index is 408. The smallest absolute Gasteiger partial charge is 0.221 e. The van der Waals surface area contributed by atoms with Gasteiger partial charge in [0.25, 0.3) is 0 Å². The fourth-order valence-electron chi connectivity index (χ4n) is 1.76. The van der Waals surface area contributed by atoms with Crippen molar-refractivity contribution in [1.82, 2.24) is 0 Å². The Kier molecular flexibility index (Phi) is 6.74. The minimum absolute atomic E-state index is 0.0981. The highest BCUT2D eigenvalue weighted by Gasteiger charge is 2.04. The largest absolute Gasteiger partial charge is 0.495 e. The number of amides is 1. The monoisotopic (exact) mass is 266 g/mol. The summed E-state index contributed by atoms with van der Waals surface area (Å²) in [5.41, 5.74) is 1.60. The Balaban J connectivity index is 2.59. The van der Waals surface area contributed by atoms with Crippen LogP contribution in [0.15, 0.2) is 18.2 Å². The molecule has 3 N–H and O–H groups in total. The normalized spacial score (nSPS) is 10.1. The topological polar surface area (TPSA) is 70.6 Å². The molecule has 0 unspecified atom stereocenters. The van der Waals surface area contributed by atoms with Crippen molar-refractivity contribution in [2.75, 3.05) is 30.9 Å². The van der Waals surface area contributed by atoms with Crippen LogP contribution in [0.4, 0.5) is 11.4 Å². The summed E-state index contributed by atoms with van der Waals surface area (Å²) in [6, 6.07) is 5.48. The van der Waals surface area contributed by atoms with Gasteiger partial charge in [-0.1, -0.05) is 0 Å². The highest BCUT2D eigenvalue weighted by atomic mass is 16.5. The van der Waals surface area contributed by atoms with Crippen molar-refractivity contribution in [3.8, 4) is 5.75 Å². The summed E-state index contributed by atoms with van der Waals surface area (Å²) in [6.07, 6.45) is 2.79. The molecule has 0 atom stereocenters. The summed E-state index contributed by atoms with van der Waals surface area (Å²) >= 11 is 0. The molecule has 0 aromatic heterocycles. The van der Waals surface area contributed by atoms with Crippen LogP contribution in [-0.4, -0.2) is 31.3 Å². The number of hydrogen-bond donors (Lipinski definition) is 3. The van der Waals surface area contributed by atoms with Crippen molar-refractivity contribution in [2.24, 2.45) is 0 Å². The first kappa shape index (κ1) is 15.3. The molecular weight excluding hydrogens is 244 g/mol. The van der Waals surface area contributed by atoms with Gasteiger partial charge in [-0.15, -0.1) is 0 Å². The van der Waals surface area contributed by atoms with Gasteiger partial charge in [0.15, 0.2) is 0 Å². The van der Waals surface area contributed by atoms with Crippen LogP contribution in [-0.2, 0) is 4.79 Å². The first-order valence-electron chi connectivity index (χ1n) is 6.47. The number of nitrogens with one attached hydrogen (secondary N) is 2. The number of hydrogen-bond acceptors (Lipinski definition) is 4. The molecule has 0 saturated heterocycles. The zero-order valence-electron chi connectivity index (χ0n) is 11.5. The average Bonchev–Trinajstić information content (AvgIpc) is 2.38. The molecule has 19 heavy (non-hydrogen) atoms. The van der Waals surface area contributed by atoms with Gasteiger partial charge in [-0.2, -0.15) is 0 Å². The summed E-state index contributed by atoms with van der Waals surface area (Å²) in [5, 5.41) is 14.7. The molecule has 0 bridgehead atoms. The molecule has 1 aromatic rings. The molecule has 0 saturated carbocycles. The van der Waals surface area contributed by atoms with Crippen LogP contribution in [0.5, 0.6) is 5.75 Å². The van der Waals surface area contributed by atoms with E-state index in [4.69, 9.17) is 9.84 Å². The van der Waals surface area contributed by atoms with Crippen LogP contribution in [0, 0.1) is 0 Å². The van der Waals surface area contributed by atoms with Crippen LogP contribution in [0.3, 0.4) is 0 Å². The molecule has 0 aliphatic heterocycles. The third-order valence-corrected chi connectivity index (χ3v) is 2.67. The fourth-order valence-corrected chi connectivity index (χ4v) is 1.76. The second-order valence-corrected chi connectivity index (χ2v) is 4.31. The first-order valence-corrected chi connectivity index (χ1v) is 6.47. The van der Waals surface area contributed by atoms with E-state index in [9.17, 15) is 4.79 Å². The highest BCUT2D eigenvalue weighted by molar-refractivity contribution is 5.89. The Labute approximate surface area is 114 Å². The lowest BCUT2D eigenvalue weighted by atomic mass is 10.2. The SMILES string of the molecule is COc1ccc(NC(C)=O)cc1NCCCCCO. The molecule has 0 aliphatic carbocycles. The van der Waals surface area contributed by atoms with E-state index >= 15 is 0 Å². The Hall–Kier alpha value is -1.75. The Morgan fingerprint density at radius 3 is 2.74 bits per heavy atom. The highest BCUT2D eigenvalue weighted by Crippen LogP contribution is 2.27. The number of ether oxygens (including phenoxy) is 1. The van der Waals surface area contributed by atoms with Crippen molar-refractivity contribution in [1.29, 1.82) is 0 Å². The molecule has 5 nitrogen and oxygen atoms in total. The lowest BCUT2D eigenvalue weighted by Crippen LogP contribution is -2.08. The number of methoxy groups -OCH3 is 1. The van der Waals surface area contributed by atoms with Gasteiger partial charge in [-0.3, -0.25) is 4.79 Å². The predicted octanol–water partition coefficient (Wildman–Crippen LogP) is 2.23. The first-order chi connectivity index (χ1) is 9.17. The van der Waals surface area contributed by atoms with Gasteiger partial charge in [-0.05, 0) is 37.5 Å². The van der Waals surface area contributed by atoms with Crippen molar-refractivity contribution in [3.63, 3.8) is 0 Å². The van der Waals surface area contributed by atoms with Gasteiger partial charge < -0.3 is 20.5 Å². The Morgan fingerprint density at radius 2 is 2.11 bits per heavy atom. The minimum Gasteiger partial charge on any atom is -0.495 e. The standard InChI is InChI=1S/C14H22N2O3/c1-11(18)16-12-6-7-14(19-2)13(10-12)15-8-4-3-5-9-17/h6-7,10,15,17H,3-5,8-9H2,1-2H3,(H,16,18). The van der Waals surface area contributed by atoms with Crippen LogP contribution in [0.25, 0.3) is 0 Å². The number of anilines is 2. The number of aliphatic hydroxyl groups excluding tert-OH is 1. The Morgan fingerprint density at radius 1 is 1.32 bits per heavy atom. The molecule has 1 rings (SSSR count). The van der Waals surface area contributed by atoms with E-state index in [1.54, 1.807) is 13.2 Å². The zero-order chi connectivity index (χ0) is 14.1. The molecule has 0 aliphatic rings. The quantitative estimate of drug-likeness (QED) is 0.631. The van der Waals surface area contributed by atoms with Crippen molar-refractivity contribution in [3.05, 3.63) is 18.2 Å². The summed E-state index contributed by atoms with van der Waals surface area (Å²) in [5.74, 6) is 0.648. The van der Waals surface area contributed by atoms with E-state index in [2.05, 4.69) is 10.6 Å². The summed E-state index contributed by atoms with van der Waals surface area (Å²) < 4.78 is 5.27. The van der Waals surface area contributed by atoms with Gasteiger partial charge >= 0.3 is 0 Å². The van der Waals surface area contributed by atoms with Crippen LogP contribution in [0.1, 0.15) is 26.2 Å². The maximum absolute atomic E-state index is 11.0. The van der Waals surface area contributed by atoms with Crippen molar-refractivity contribution >= 4 is 17.3 Å². The summed E-state index contributed by atoms with van der Waals surface area (Å²) in [6.45, 7) is 2.52. The number of aliphatic hydroxyl groups is 1. The molecule has 5 heteroatoms. The third-order valence-electron chi connectivity index (χ3n) is 2.67. The maximum Gasteiger partial charge on any atom is 0.221 e. The molecular formula is C14H22N2O3. The van der Waals surface area contributed by atoms with Gasteiger partial charge in [0.05, 0.1) is 12.8 Å². The second-order valence-electron chi connectivity index (χ2n) is 4.31. The van der Waals surface area contributed by atoms with E-state index < -0.39 is 0 Å². The number of carbonyl (C=O) groups is 1. The second kappa shape index (κ2) is 8.37. The van der Waals surface area contributed by atoms with Gasteiger partial charge in [-0.25, -0.2) is 0 Å². The van der Waals surface area contributed by atoms with Gasteiger partial charge in [0.1, 0.15) is 5.75 Å². The predicted molar refractivity (Wildman–Crippen MR) is 76.7 cm³/mol. The van der Waals surface area contributed by atoms with Crippen molar-refractivity contribution < 1.29 is 14.6 Å². The van der Waals surface area contributed by atoms with E-state index in [-0.39, 0.29) is 12.5 Å². The lowest BCUT2D eigenvalue weighted by Gasteiger charge is -2.13. The number of unbranched alkanes of at least 4 members (excludes halogenated alkanes) is 2. The average molecular weight is 266 g/mol. The van der Waals surface area contributed by atoms with Crippen LogP contribution >= 0.6 is 0 Å². The zero-order valence-corrected chi connectivity index (χ0v) is 11.5. The van der Waals surface area contributed by atoms with Crippen molar-refractivity contribution in [2.45, 2.75) is 26.2 Å². The van der Waals surface area contributed by atoms with Gasteiger partial charge in [0.2, 0.25) is 5.91 Å². The summed E-state index contributed by atoms with van der Waals surface area (Å²) in [4.78, 5) is 11.0. The van der Waals surface area contributed by atoms with Gasteiger partial charge in [0, 0.05) is 25.8 Å².